The average Bonchev–Trinajstić information content (AvgIpc) is 3.13. The lowest BCUT2D eigenvalue weighted by atomic mass is 9.58. The van der Waals surface area contributed by atoms with Crippen molar-refractivity contribution in [3.05, 3.63) is 69.2 Å². The Balaban J connectivity index is 0.000000132. The van der Waals surface area contributed by atoms with Crippen LogP contribution >= 0.6 is 15.9 Å². The number of benzene rings is 2. The SMILES string of the molecule is CC12CCCCC1(C)c1cc(Br)ccc1C2.CC12CCCCC1(C)c1ccccc1C2. The van der Waals surface area contributed by atoms with Gasteiger partial charge in [0.05, 0.1) is 0 Å². The van der Waals surface area contributed by atoms with E-state index in [1.165, 1.54) is 68.7 Å². The summed E-state index contributed by atoms with van der Waals surface area (Å²) in [7, 11) is 0. The fourth-order valence-electron chi connectivity index (χ4n) is 7.90. The lowest BCUT2D eigenvalue weighted by Gasteiger charge is -2.46. The van der Waals surface area contributed by atoms with Gasteiger partial charge in [0.2, 0.25) is 0 Å². The van der Waals surface area contributed by atoms with Crippen molar-refractivity contribution in [2.45, 2.75) is 103 Å². The highest BCUT2D eigenvalue weighted by Crippen LogP contribution is 2.60. The maximum atomic E-state index is 3.62. The van der Waals surface area contributed by atoms with Gasteiger partial charge in [0.1, 0.15) is 0 Å². The van der Waals surface area contributed by atoms with Crippen LogP contribution in [-0.4, -0.2) is 0 Å². The van der Waals surface area contributed by atoms with E-state index in [0.29, 0.717) is 21.7 Å². The van der Waals surface area contributed by atoms with Crippen molar-refractivity contribution in [1.82, 2.24) is 0 Å². The van der Waals surface area contributed by atoms with Gasteiger partial charge in [-0.25, -0.2) is 0 Å². The third-order valence-corrected chi connectivity index (χ3v) is 10.9. The summed E-state index contributed by atoms with van der Waals surface area (Å²) < 4.78 is 1.24. The molecule has 0 N–H and O–H groups in total. The molecule has 0 heterocycles. The van der Waals surface area contributed by atoms with Gasteiger partial charge in [0, 0.05) is 4.47 Å². The number of halogens is 1. The first kappa shape index (κ1) is 21.7. The number of hydrogen-bond acceptors (Lipinski definition) is 0. The van der Waals surface area contributed by atoms with E-state index in [0.717, 1.165) is 0 Å². The van der Waals surface area contributed by atoms with Crippen LogP contribution in [0.2, 0.25) is 0 Å². The topological polar surface area (TPSA) is 0 Å². The Kier molecular flexibility index (Phi) is 5.24. The molecule has 4 unspecified atom stereocenters. The summed E-state index contributed by atoms with van der Waals surface area (Å²) in [6.07, 6.45) is 13.8. The highest BCUT2D eigenvalue weighted by molar-refractivity contribution is 9.10. The molecule has 31 heavy (non-hydrogen) atoms. The van der Waals surface area contributed by atoms with Crippen LogP contribution in [0.15, 0.2) is 46.9 Å². The minimum atomic E-state index is 0.421. The van der Waals surface area contributed by atoms with E-state index < -0.39 is 0 Å². The largest absolute Gasteiger partial charge is 0.0620 e. The number of rotatable bonds is 0. The Morgan fingerprint density at radius 3 is 1.77 bits per heavy atom. The van der Waals surface area contributed by atoms with Gasteiger partial charge in [-0.05, 0) is 94.6 Å². The first-order chi connectivity index (χ1) is 14.7. The Labute approximate surface area is 198 Å². The van der Waals surface area contributed by atoms with Gasteiger partial charge in [-0.2, -0.15) is 0 Å². The minimum absolute atomic E-state index is 0.421. The Bertz CT molecular complexity index is 992. The van der Waals surface area contributed by atoms with Gasteiger partial charge < -0.3 is 0 Å². The van der Waals surface area contributed by atoms with Crippen molar-refractivity contribution < 1.29 is 0 Å². The zero-order chi connectivity index (χ0) is 21.9. The average molecular weight is 480 g/mol. The molecule has 0 aliphatic heterocycles. The summed E-state index contributed by atoms with van der Waals surface area (Å²) in [5.74, 6) is 0. The molecule has 166 valence electrons. The lowest BCUT2D eigenvalue weighted by Crippen LogP contribution is -2.40. The summed E-state index contributed by atoms with van der Waals surface area (Å²) in [6, 6.07) is 16.0. The molecular formula is C30H39Br. The molecule has 0 bridgehead atoms. The predicted molar refractivity (Wildman–Crippen MR) is 136 cm³/mol. The van der Waals surface area contributed by atoms with Crippen LogP contribution in [0.5, 0.6) is 0 Å². The molecule has 6 rings (SSSR count). The number of fused-ring (bicyclic) bond motifs is 6. The molecule has 2 aromatic rings. The Morgan fingerprint density at radius 1 is 0.613 bits per heavy atom. The highest BCUT2D eigenvalue weighted by atomic mass is 79.9. The van der Waals surface area contributed by atoms with Crippen LogP contribution in [0.4, 0.5) is 0 Å². The highest BCUT2D eigenvalue weighted by Gasteiger charge is 2.53. The van der Waals surface area contributed by atoms with E-state index in [2.05, 4.69) is 86.1 Å². The predicted octanol–water partition coefficient (Wildman–Crippen LogP) is 8.92. The summed E-state index contributed by atoms with van der Waals surface area (Å²) >= 11 is 3.62. The monoisotopic (exact) mass is 478 g/mol. The van der Waals surface area contributed by atoms with Crippen molar-refractivity contribution in [3.63, 3.8) is 0 Å². The molecule has 1 heteroatoms. The van der Waals surface area contributed by atoms with Crippen molar-refractivity contribution in [3.8, 4) is 0 Å². The quantitative estimate of drug-likeness (QED) is 0.354. The van der Waals surface area contributed by atoms with E-state index in [1.54, 1.807) is 22.3 Å². The van der Waals surface area contributed by atoms with Gasteiger partial charge in [-0.1, -0.05) is 99.6 Å². The van der Waals surface area contributed by atoms with E-state index in [4.69, 9.17) is 0 Å². The molecule has 4 aliphatic rings. The fourth-order valence-corrected chi connectivity index (χ4v) is 8.26. The first-order valence-corrected chi connectivity index (χ1v) is 13.4. The molecule has 0 aromatic heterocycles. The molecule has 0 amide bonds. The van der Waals surface area contributed by atoms with Crippen LogP contribution in [0, 0.1) is 10.8 Å². The van der Waals surface area contributed by atoms with Crippen molar-refractivity contribution in [2.24, 2.45) is 10.8 Å². The number of hydrogen-bond donors (Lipinski definition) is 0. The summed E-state index contributed by atoms with van der Waals surface area (Å²) in [5.41, 5.74) is 8.39. The molecule has 2 fully saturated rings. The minimum Gasteiger partial charge on any atom is -0.0620 e. The van der Waals surface area contributed by atoms with Gasteiger partial charge >= 0.3 is 0 Å². The van der Waals surface area contributed by atoms with Gasteiger partial charge in [0.15, 0.2) is 0 Å². The first-order valence-electron chi connectivity index (χ1n) is 12.6. The second-order valence-corrected chi connectivity index (χ2v) is 12.9. The molecule has 2 saturated carbocycles. The van der Waals surface area contributed by atoms with Crippen LogP contribution in [0.1, 0.15) is 101 Å². The summed E-state index contributed by atoms with van der Waals surface area (Å²) in [4.78, 5) is 0. The third kappa shape index (κ3) is 3.20. The Hall–Kier alpha value is -1.08. The molecule has 0 nitrogen and oxygen atoms in total. The van der Waals surface area contributed by atoms with Gasteiger partial charge in [-0.15, -0.1) is 0 Å². The lowest BCUT2D eigenvalue weighted by molar-refractivity contribution is 0.109. The van der Waals surface area contributed by atoms with E-state index >= 15 is 0 Å². The van der Waals surface area contributed by atoms with E-state index in [1.807, 2.05) is 0 Å². The van der Waals surface area contributed by atoms with E-state index in [9.17, 15) is 0 Å². The maximum Gasteiger partial charge on any atom is 0.0178 e. The van der Waals surface area contributed by atoms with E-state index in [-0.39, 0.29) is 0 Å². The molecule has 0 spiro atoms. The second-order valence-electron chi connectivity index (χ2n) is 12.0. The standard InChI is InChI=1S/C15H19Br.C15H20/c1-14-7-3-4-8-15(14,2)13-9-12(16)6-5-11(13)10-14;1-14-9-5-6-10-15(14,2)13-8-4-3-7-12(13)11-14/h5-6,9H,3-4,7-8,10H2,1-2H3;3-4,7-8H,5-6,9-11H2,1-2H3. The summed E-state index contributed by atoms with van der Waals surface area (Å²) in [6.45, 7) is 9.99. The van der Waals surface area contributed by atoms with Gasteiger partial charge in [-0.3, -0.25) is 0 Å². The van der Waals surface area contributed by atoms with Gasteiger partial charge in [0.25, 0.3) is 0 Å². The molecule has 4 atom stereocenters. The second kappa shape index (κ2) is 7.47. The van der Waals surface area contributed by atoms with Crippen molar-refractivity contribution in [2.75, 3.05) is 0 Å². The zero-order valence-corrected chi connectivity index (χ0v) is 21.6. The maximum absolute atomic E-state index is 3.62. The molecule has 0 saturated heterocycles. The zero-order valence-electron chi connectivity index (χ0n) is 20.0. The summed E-state index contributed by atoms with van der Waals surface area (Å²) in [5, 5.41) is 0. The molecule has 0 radical (unpaired) electrons. The normalized spacial score (nSPS) is 37.7. The fraction of sp³-hybridized carbons (Fsp3) is 0.600. The van der Waals surface area contributed by atoms with Crippen LogP contribution in [0.3, 0.4) is 0 Å². The third-order valence-electron chi connectivity index (χ3n) is 10.4. The Morgan fingerprint density at radius 2 is 1.13 bits per heavy atom. The van der Waals surface area contributed by atoms with Crippen LogP contribution in [-0.2, 0) is 23.7 Å². The van der Waals surface area contributed by atoms with Crippen molar-refractivity contribution in [1.29, 1.82) is 0 Å². The molecular weight excluding hydrogens is 440 g/mol. The van der Waals surface area contributed by atoms with Crippen LogP contribution in [0.25, 0.3) is 0 Å². The van der Waals surface area contributed by atoms with Crippen LogP contribution < -0.4 is 0 Å². The molecule has 4 aliphatic carbocycles. The van der Waals surface area contributed by atoms with Crippen molar-refractivity contribution >= 4 is 15.9 Å². The smallest absolute Gasteiger partial charge is 0.0178 e. The molecule has 2 aromatic carbocycles.